The predicted octanol–water partition coefficient (Wildman–Crippen LogP) is 6.29. The number of benzene rings is 1. The Kier molecular flexibility index (Phi) is 9.01. The van der Waals surface area contributed by atoms with Crippen LogP contribution < -0.4 is 0 Å². The third-order valence-electron chi connectivity index (χ3n) is 6.61. The van der Waals surface area contributed by atoms with Crippen LogP contribution in [0.3, 0.4) is 0 Å². The number of imide groups is 1. The van der Waals surface area contributed by atoms with E-state index in [-0.39, 0.29) is 11.8 Å². The second-order valence-electron chi connectivity index (χ2n) is 9.14. The van der Waals surface area contributed by atoms with E-state index in [2.05, 4.69) is 18.7 Å². The molecule has 0 bridgehead atoms. The Labute approximate surface area is 192 Å². The SMILES string of the molecule is CCCCCCCCCCN1C(=O)C(c2ccc(Cl)cc2)=C(N2CCC(C)CC2)C1=O. The van der Waals surface area contributed by atoms with Gasteiger partial charge in [0.15, 0.2) is 0 Å². The molecule has 31 heavy (non-hydrogen) atoms. The van der Waals surface area contributed by atoms with Crippen molar-refractivity contribution in [3.05, 3.63) is 40.5 Å². The number of carbonyl (C=O) groups excluding carboxylic acids is 2. The lowest BCUT2D eigenvalue weighted by atomic mass is 9.97. The zero-order chi connectivity index (χ0) is 22.2. The summed E-state index contributed by atoms with van der Waals surface area (Å²) < 4.78 is 0. The van der Waals surface area contributed by atoms with Crippen LogP contribution in [0, 0.1) is 5.92 Å². The van der Waals surface area contributed by atoms with Crippen LogP contribution in [0.5, 0.6) is 0 Å². The quantitative estimate of drug-likeness (QED) is 0.297. The summed E-state index contributed by atoms with van der Waals surface area (Å²) in [5, 5.41) is 0.630. The third-order valence-corrected chi connectivity index (χ3v) is 6.86. The van der Waals surface area contributed by atoms with Gasteiger partial charge in [0.05, 0.1) is 5.57 Å². The predicted molar refractivity (Wildman–Crippen MR) is 128 cm³/mol. The van der Waals surface area contributed by atoms with Gasteiger partial charge in [-0.05, 0) is 42.9 Å². The minimum absolute atomic E-state index is 0.118. The van der Waals surface area contributed by atoms with Gasteiger partial charge in [0, 0.05) is 24.7 Å². The molecule has 5 heteroatoms. The highest BCUT2D eigenvalue weighted by Gasteiger charge is 2.41. The van der Waals surface area contributed by atoms with Crippen LogP contribution in [0.4, 0.5) is 0 Å². The molecule has 0 aromatic heterocycles. The minimum atomic E-state index is -0.149. The molecule has 0 unspecified atom stereocenters. The zero-order valence-electron chi connectivity index (χ0n) is 19.2. The number of carbonyl (C=O) groups is 2. The summed E-state index contributed by atoms with van der Waals surface area (Å²) in [6.45, 7) is 6.66. The second kappa shape index (κ2) is 11.7. The summed E-state index contributed by atoms with van der Waals surface area (Å²) in [5.41, 5.74) is 1.93. The number of hydrogen-bond acceptors (Lipinski definition) is 3. The Bertz CT molecular complexity index is 779. The van der Waals surface area contributed by atoms with E-state index in [0.29, 0.717) is 28.8 Å². The first kappa shape index (κ1) is 23.8. The number of halogens is 1. The zero-order valence-corrected chi connectivity index (χ0v) is 19.9. The van der Waals surface area contributed by atoms with Crippen LogP contribution in [0.15, 0.2) is 30.0 Å². The van der Waals surface area contributed by atoms with Gasteiger partial charge in [-0.2, -0.15) is 0 Å². The molecule has 1 aromatic carbocycles. The normalized spacial score (nSPS) is 17.9. The van der Waals surface area contributed by atoms with Gasteiger partial charge in [-0.3, -0.25) is 14.5 Å². The van der Waals surface area contributed by atoms with Gasteiger partial charge in [-0.15, -0.1) is 0 Å². The van der Waals surface area contributed by atoms with Crippen LogP contribution in [-0.2, 0) is 9.59 Å². The van der Waals surface area contributed by atoms with E-state index >= 15 is 0 Å². The first-order chi connectivity index (χ1) is 15.0. The molecule has 0 saturated carbocycles. The highest BCUT2D eigenvalue weighted by Crippen LogP contribution is 2.34. The third kappa shape index (κ3) is 6.12. The summed E-state index contributed by atoms with van der Waals surface area (Å²) >= 11 is 6.06. The summed E-state index contributed by atoms with van der Waals surface area (Å²) in [4.78, 5) is 30.3. The van der Waals surface area contributed by atoms with Gasteiger partial charge in [0.2, 0.25) is 0 Å². The van der Waals surface area contributed by atoms with Crippen molar-refractivity contribution in [1.82, 2.24) is 9.80 Å². The molecule has 4 nitrogen and oxygen atoms in total. The number of hydrogen-bond donors (Lipinski definition) is 0. The number of rotatable bonds is 11. The van der Waals surface area contributed by atoms with Crippen LogP contribution in [-0.4, -0.2) is 41.2 Å². The monoisotopic (exact) mass is 444 g/mol. The summed E-state index contributed by atoms with van der Waals surface area (Å²) in [5.74, 6) is 0.396. The molecule has 3 rings (SSSR count). The van der Waals surface area contributed by atoms with E-state index in [1.54, 1.807) is 12.1 Å². The van der Waals surface area contributed by atoms with Gasteiger partial charge in [0.25, 0.3) is 11.8 Å². The molecule has 2 aliphatic heterocycles. The lowest BCUT2D eigenvalue weighted by Crippen LogP contribution is -2.38. The second-order valence-corrected chi connectivity index (χ2v) is 9.57. The van der Waals surface area contributed by atoms with Gasteiger partial charge in [0.1, 0.15) is 5.70 Å². The Balaban J connectivity index is 1.67. The van der Waals surface area contributed by atoms with Crippen molar-refractivity contribution < 1.29 is 9.59 Å². The molecule has 0 N–H and O–H groups in total. The van der Waals surface area contributed by atoms with E-state index < -0.39 is 0 Å². The summed E-state index contributed by atoms with van der Waals surface area (Å²) in [6, 6.07) is 7.29. The Morgan fingerprint density at radius 2 is 1.45 bits per heavy atom. The van der Waals surface area contributed by atoms with Crippen LogP contribution in [0.2, 0.25) is 5.02 Å². The molecule has 2 heterocycles. The molecule has 2 amide bonds. The number of unbranched alkanes of at least 4 members (excludes halogenated alkanes) is 7. The van der Waals surface area contributed by atoms with Crippen molar-refractivity contribution >= 4 is 29.0 Å². The van der Waals surface area contributed by atoms with Gasteiger partial charge in [-0.25, -0.2) is 0 Å². The lowest BCUT2D eigenvalue weighted by Gasteiger charge is -2.32. The molecule has 0 spiro atoms. The first-order valence-corrected chi connectivity index (χ1v) is 12.5. The maximum Gasteiger partial charge on any atom is 0.277 e. The lowest BCUT2D eigenvalue weighted by molar-refractivity contribution is -0.137. The Morgan fingerprint density at radius 3 is 2.06 bits per heavy atom. The van der Waals surface area contributed by atoms with Crippen LogP contribution >= 0.6 is 11.6 Å². The van der Waals surface area contributed by atoms with Crippen molar-refractivity contribution in [3.63, 3.8) is 0 Å². The minimum Gasteiger partial charge on any atom is -0.366 e. The molecule has 2 aliphatic rings. The van der Waals surface area contributed by atoms with Crippen molar-refractivity contribution in [2.75, 3.05) is 19.6 Å². The average molecular weight is 445 g/mol. The molecule has 170 valence electrons. The van der Waals surface area contributed by atoms with E-state index in [1.807, 2.05) is 12.1 Å². The van der Waals surface area contributed by atoms with Crippen molar-refractivity contribution in [2.24, 2.45) is 5.92 Å². The molecular weight excluding hydrogens is 408 g/mol. The molecule has 1 fully saturated rings. The van der Waals surface area contributed by atoms with Gasteiger partial charge in [-0.1, -0.05) is 82.5 Å². The number of nitrogens with zero attached hydrogens (tertiary/aromatic N) is 2. The van der Waals surface area contributed by atoms with Gasteiger partial charge >= 0.3 is 0 Å². The van der Waals surface area contributed by atoms with Crippen LogP contribution in [0.25, 0.3) is 5.57 Å². The fraction of sp³-hybridized carbons (Fsp3) is 0.615. The number of amides is 2. The molecule has 0 atom stereocenters. The van der Waals surface area contributed by atoms with E-state index in [1.165, 1.54) is 43.4 Å². The maximum absolute atomic E-state index is 13.4. The molecule has 1 saturated heterocycles. The van der Waals surface area contributed by atoms with Crippen molar-refractivity contribution in [2.45, 2.75) is 78.1 Å². The van der Waals surface area contributed by atoms with Gasteiger partial charge < -0.3 is 4.90 Å². The standard InChI is InChI=1S/C26H37ClN2O2/c1-3-4-5-6-7-8-9-10-17-29-25(30)23(21-11-13-22(27)14-12-21)24(26(29)31)28-18-15-20(2)16-19-28/h11-14,20H,3-10,15-19H2,1-2H3. The maximum atomic E-state index is 13.4. The topological polar surface area (TPSA) is 40.6 Å². The molecule has 1 aromatic rings. The Hall–Kier alpha value is -1.81. The fourth-order valence-electron chi connectivity index (χ4n) is 4.57. The van der Waals surface area contributed by atoms with E-state index in [9.17, 15) is 9.59 Å². The molecular formula is C26H37ClN2O2. The largest absolute Gasteiger partial charge is 0.366 e. The van der Waals surface area contributed by atoms with Crippen molar-refractivity contribution in [3.8, 4) is 0 Å². The van der Waals surface area contributed by atoms with Crippen LogP contribution in [0.1, 0.15) is 83.6 Å². The fourth-order valence-corrected chi connectivity index (χ4v) is 4.70. The van der Waals surface area contributed by atoms with E-state index in [0.717, 1.165) is 44.3 Å². The smallest absolute Gasteiger partial charge is 0.277 e. The molecule has 0 aliphatic carbocycles. The highest BCUT2D eigenvalue weighted by atomic mass is 35.5. The van der Waals surface area contributed by atoms with Crippen molar-refractivity contribution in [1.29, 1.82) is 0 Å². The first-order valence-electron chi connectivity index (χ1n) is 12.1. The number of likely N-dealkylation sites (tertiary alicyclic amines) is 1. The summed E-state index contributed by atoms with van der Waals surface area (Å²) in [7, 11) is 0. The van der Waals surface area contributed by atoms with E-state index in [4.69, 9.17) is 11.6 Å². The average Bonchev–Trinajstić information content (AvgIpc) is 3.01. The summed E-state index contributed by atoms with van der Waals surface area (Å²) in [6.07, 6.45) is 11.6. The highest BCUT2D eigenvalue weighted by molar-refractivity contribution is 6.36. The Morgan fingerprint density at radius 1 is 0.871 bits per heavy atom. The molecule has 0 radical (unpaired) electrons. The number of piperidine rings is 1.